The van der Waals surface area contributed by atoms with Gasteiger partial charge in [0.05, 0.1) is 13.2 Å². The molecule has 3 rings (SSSR count). The Hall–Kier alpha value is -2.40. The zero-order valence-corrected chi connectivity index (χ0v) is 15.0. The second-order valence-corrected chi connectivity index (χ2v) is 6.25. The molecule has 1 aromatic heterocycles. The third-order valence-corrected chi connectivity index (χ3v) is 4.53. The van der Waals surface area contributed by atoms with Crippen molar-refractivity contribution in [3.63, 3.8) is 0 Å². The van der Waals surface area contributed by atoms with E-state index in [0.717, 1.165) is 32.0 Å². The molecule has 132 valence electrons. The van der Waals surface area contributed by atoms with Gasteiger partial charge in [0.15, 0.2) is 5.96 Å². The van der Waals surface area contributed by atoms with Crippen molar-refractivity contribution >= 4 is 5.96 Å². The van der Waals surface area contributed by atoms with Crippen molar-refractivity contribution < 1.29 is 4.74 Å². The van der Waals surface area contributed by atoms with Gasteiger partial charge in [-0.05, 0) is 36.1 Å². The predicted molar refractivity (Wildman–Crippen MR) is 101 cm³/mol. The summed E-state index contributed by atoms with van der Waals surface area (Å²) in [6.45, 7) is 5.36. The van der Waals surface area contributed by atoms with Crippen molar-refractivity contribution in [2.45, 2.75) is 19.4 Å². The lowest BCUT2D eigenvalue weighted by Gasteiger charge is -2.35. The van der Waals surface area contributed by atoms with Crippen molar-refractivity contribution in [3.8, 4) is 0 Å². The zero-order valence-electron chi connectivity index (χ0n) is 15.0. The Balaban J connectivity index is 1.58. The number of pyridine rings is 1. The molecular weight excluding hydrogens is 312 g/mol. The molecule has 5 nitrogen and oxygen atoms in total. The summed E-state index contributed by atoms with van der Waals surface area (Å²) in [6, 6.07) is 12.5. The van der Waals surface area contributed by atoms with Crippen LogP contribution in [0.15, 0.2) is 53.8 Å². The minimum absolute atomic E-state index is 0.0897. The van der Waals surface area contributed by atoms with E-state index in [0.29, 0.717) is 6.61 Å². The smallest absolute Gasteiger partial charge is 0.193 e. The molecule has 1 aliphatic heterocycles. The van der Waals surface area contributed by atoms with E-state index in [1.54, 1.807) is 6.20 Å². The molecule has 0 saturated carbocycles. The van der Waals surface area contributed by atoms with Crippen LogP contribution >= 0.6 is 0 Å². The Labute approximate surface area is 149 Å². The third kappa shape index (κ3) is 4.57. The fourth-order valence-corrected chi connectivity index (χ4v) is 3.17. The highest BCUT2D eigenvalue weighted by atomic mass is 16.5. The van der Waals surface area contributed by atoms with Gasteiger partial charge in [-0.25, -0.2) is 0 Å². The number of guanidine groups is 1. The Morgan fingerprint density at radius 1 is 1.32 bits per heavy atom. The fraction of sp³-hybridized carbons (Fsp3) is 0.400. The van der Waals surface area contributed by atoms with Gasteiger partial charge in [0.2, 0.25) is 0 Å². The second-order valence-electron chi connectivity index (χ2n) is 6.25. The first kappa shape index (κ1) is 17.4. The number of nitrogens with one attached hydrogen (secondary N) is 1. The number of benzene rings is 1. The van der Waals surface area contributed by atoms with Gasteiger partial charge >= 0.3 is 0 Å². The molecule has 1 N–H and O–H groups in total. The van der Waals surface area contributed by atoms with Crippen molar-refractivity contribution in [3.05, 3.63) is 65.5 Å². The number of nitrogens with zero attached hydrogens (tertiary/aromatic N) is 3. The summed E-state index contributed by atoms with van der Waals surface area (Å²) in [4.78, 5) is 10.9. The first-order chi connectivity index (χ1) is 12.3. The largest absolute Gasteiger partial charge is 0.370 e. The molecule has 0 radical (unpaired) electrons. The molecule has 25 heavy (non-hydrogen) atoms. The summed E-state index contributed by atoms with van der Waals surface area (Å²) < 4.78 is 6.01. The quantitative estimate of drug-likeness (QED) is 0.688. The predicted octanol–water partition coefficient (Wildman–Crippen LogP) is 2.58. The summed E-state index contributed by atoms with van der Waals surface area (Å²) in [5.41, 5.74) is 3.76. The van der Waals surface area contributed by atoms with Crippen molar-refractivity contribution in [2.24, 2.45) is 4.99 Å². The molecule has 5 heteroatoms. The maximum atomic E-state index is 6.01. The van der Waals surface area contributed by atoms with Gasteiger partial charge in [0.1, 0.15) is 6.10 Å². The van der Waals surface area contributed by atoms with Crippen LogP contribution in [-0.4, -0.2) is 49.1 Å². The molecule has 0 bridgehead atoms. The Bertz CT molecular complexity index is 702. The van der Waals surface area contributed by atoms with Crippen LogP contribution in [0.1, 0.15) is 22.8 Å². The highest BCUT2D eigenvalue weighted by molar-refractivity contribution is 5.80. The summed E-state index contributed by atoms with van der Waals surface area (Å²) in [7, 11) is 1.84. The van der Waals surface area contributed by atoms with E-state index >= 15 is 0 Å². The highest BCUT2D eigenvalue weighted by Crippen LogP contribution is 2.24. The van der Waals surface area contributed by atoms with Crippen LogP contribution in [0.3, 0.4) is 0 Å². The molecule has 1 atom stereocenters. The Morgan fingerprint density at radius 2 is 2.20 bits per heavy atom. The molecule has 1 fully saturated rings. The van der Waals surface area contributed by atoms with Crippen molar-refractivity contribution in [1.29, 1.82) is 0 Å². The Morgan fingerprint density at radius 3 is 2.96 bits per heavy atom. The van der Waals surface area contributed by atoms with Crippen LogP contribution < -0.4 is 5.32 Å². The van der Waals surface area contributed by atoms with Crippen LogP contribution in [0, 0.1) is 6.92 Å². The lowest BCUT2D eigenvalue weighted by Crippen LogP contribution is -2.48. The number of aromatic nitrogens is 1. The van der Waals surface area contributed by atoms with E-state index in [2.05, 4.69) is 57.4 Å². The molecule has 1 aromatic carbocycles. The van der Waals surface area contributed by atoms with Gasteiger partial charge in [-0.1, -0.05) is 30.3 Å². The standard InChI is InChI=1S/C20H26N4O/c1-16-6-3-4-8-18(16)19-15-24(12-13-25-19)20(21-2)23-11-9-17-7-5-10-22-14-17/h3-8,10,14,19H,9,11-13,15H2,1-2H3,(H,21,23). The molecule has 0 aliphatic carbocycles. The normalized spacial score (nSPS) is 18.2. The molecule has 1 saturated heterocycles. The SMILES string of the molecule is CN=C(NCCc1cccnc1)N1CCOC(c2ccccc2C)C1. The number of aryl methyl sites for hydroxylation is 1. The first-order valence-corrected chi connectivity index (χ1v) is 8.79. The van der Waals surface area contributed by atoms with Gasteiger partial charge in [-0.3, -0.25) is 9.98 Å². The molecular formula is C20H26N4O. The topological polar surface area (TPSA) is 49.8 Å². The van der Waals surface area contributed by atoms with Gasteiger partial charge in [-0.2, -0.15) is 0 Å². The van der Waals surface area contributed by atoms with E-state index in [1.165, 1.54) is 16.7 Å². The molecule has 0 amide bonds. The number of rotatable bonds is 4. The summed E-state index contributed by atoms with van der Waals surface area (Å²) >= 11 is 0. The number of ether oxygens (including phenoxy) is 1. The van der Waals surface area contributed by atoms with Crippen LogP contribution in [0.4, 0.5) is 0 Å². The van der Waals surface area contributed by atoms with E-state index in [4.69, 9.17) is 4.74 Å². The number of hydrogen-bond donors (Lipinski definition) is 1. The number of aliphatic imine (C=N–C) groups is 1. The van der Waals surface area contributed by atoms with Crippen molar-refractivity contribution in [2.75, 3.05) is 33.3 Å². The van der Waals surface area contributed by atoms with E-state index in [1.807, 2.05) is 19.3 Å². The lowest BCUT2D eigenvalue weighted by atomic mass is 10.0. The van der Waals surface area contributed by atoms with Gasteiger partial charge < -0.3 is 15.0 Å². The molecule has 1 unspecified atom stereocenters. The monoisotopic (exact) mass is 338 g/mol. The average Bonchev–Trinajstić information content (AvgIpc) is 2.66. The van der Waals surface area contributed by atoms with E-state index < -0.39 is 0 Å². The minimum Gasteiger partial charge on any atom is -0.370 e. The van der Waals surface area contributed by atoms with E-state index in [-0.39, 0.29) is 6.10 Å². The number of hydrogen-bond acceptors (Lipinski definition) is 3. The summed E-state index contributed by atoms with van der Waals surface area (Å²) in [5.74, 6) is 0.936. The third-order valence-electron chi connectivity index (χ3n) is 4.53. The van der Waals surface area contributed by atoms with Crippen LogP contribution in [-0.2, 0) is 11.2 Å². The highest BCUT2D eigenvalue weighted by Gasteiger charge is 2.24. The lowest BCUT2D eigenvalue weighted by molar-refractivity contribution is -0.00829. The molecule has 1 aliphatic rings. The van der Waals surface area contributed by atoms with E-state index in [9.17, 15) is 0 Å². The average molecular weight is 338 g/mol. The first-order valence-electron chi connectivity index (χ1n) is 8.79. The van der Waals surface area contributed by atoms with Gasteiger partial charge in [-0.15, -0.1) is 0 Å². The van der Waals surface area contributed by atoms with Gasteiger partial charge in [0.25, 0.3) is 0 Å². The van der Waals surface area contributed by atoms with Crippen LogP contribution in [0.5, 0.6) is 0 Å². The minimum atomic E-state index is 0.0897. The van der Waals surface area contributed by atoms with Gasteiger partial charge in [0, 0.05) is 32.5 Å². The molecule has 2 aromatic rings. The summed E-state index contributed by atoms with van der Waals surface area (Å²) in [6.07, 6.45) is 4.73. The summed E-state index contributed by atoms with van der Waals surface area (Å²) in [5, 5.41) is 3.47. The maximum Gasteiger partial charge on any atom is 0.193 e. The van der Waals surface area contributed by atoms with Crippen LogP contribution in [0.2, 0.25) is 0 Å². The fourth-order valence-electron chi connectivity index (χ4n) is 3.17. The number of morpholine rings is 1. The second kappa shape index (κ2) is 8.62. The maximum absolute atomic E-state index is 6.01. The van der Waals surface area contributed by atoms with Crippen LogP contribution in [0.25, 0.3) is 0 Å². The molecule has 2 heterocycles. The molecule has 0 spiro atoms. The Kier molecular flexibility index (Phi) is 6.01. The zero-order chi connectivity index (χ0) is 17.5. The van der Waals surface area contributed by atoms with Crippen molar-refractivity contribution in [1.82, 2.24) is 15.2 Å².